The number of ether oxygens (including phenoxy) is 1. The summed E-state index contributed by atoms with van der Waals surface area (Å²) in [5.74, 6) is 1.06. The third-order valence-electron chi connectivity index (χ3n) is 5.92. The summed E-state index contributed by atoms with van der Waals surface area (Å²) in [5.41, 5.74) is 4.95. The van der Waals surface area contributed by atoms with Gasteiger partial charge in [-0.3, -0.25) is 4.79 Å². The molecule has 1 aliphatic carbocycles. The molecule has 0 bridgehead atoms. The van der Waals surface area contributed by atoms with Gasteiger partial charge in [-0.25, -0.2) is 0 Å². The maximum Gasteiger partial charge on any atom is 0.235 e. The first-order chi connectivity index (χ1) is 13.5. The molecule has 3 heteroatoms. The van der Waals surface area contributed by atoms with E-state index in [1.165, 1.54) is 5.56 Å². The topological polar surface area (TPSA) is 38.3 Å². The second-order valence-electron chi connectivity index (χ2n) is 8.25. The molecule has 3 rings (SSSR count). The smallest absolute Gasteiger partial charge is 0.235 e. The van der Waals surface area contributed by atoms with Crippen LogP contribution in [0.1, 0.15) is 67.7 Å². The van der Waals surface area contributed by atoms with E-state index in [-0.39, 0.29) is 5.91 Å². The summed E-state index contributed by atoms with van der Waals surface area (Å²) in [6.07, 6.45) is 6.20. The van der Waals surface area contributed by atoms with Crippen LogP contribution in [0, 0.1) is 20.8 Å². The highest BCUT2D eigenvalue weighted by Crippen LogP contribution is 2.42. The Kier molecular flexibility index (Phi) is 6.43. The summed E-state index contributed by atoms with van der Waals surface area (Å²) in [7, 11) is 0. The van der Waals surface area contributed by atoms with Crippen LogP contribution in [-0.2, 0) is 10.2 Å². The van der Waals surface area contributed by atoms with Gasteiger partial charge in [0.2, 0.25) is 5.91 Å². The van der Waals surface area contributed by atoms with Crippen molar-refractivity contribution < 1.29 is 9.53 Å². The molecule has 3 nitrogen and oxygen atoms in total. The predicted octanol–water partition coefficient (Wildman–Crippen LogP) is 6.24. The highest BCUT2D eigenvalue weighted by atomic mass is 16.5. The molecule has 0 heterocycles. The fraction of sp³-hybridized carbons (Fsp3) is 0.480. The molecule has 1 aliphatic rings. The lowest BCUT2D eigenvalue weighted by Crippen LogP contribution is -2.38. The lowest BCUT2D eigenvalue weighted by molar-refractivity contribution is -0.121. The van der Waals surface area contributed by atoms with Crippen molar-refractivity contribution in [3.05, 3.63) is 58.7 Å². The summed E-state index contributed by atoms with van der Waals surface area (Å²) < 4.78 is 5.96. The van der Waals surface area contributed by atoms with Gasteiger partial charge in [-0.15, -0.1) is 0 Å². The Bertz CT molecular complexity index is 811. The van der Waals surface area contributed by atoms with Crippen molar-refractivity contribution >= 4 is 11.6 Å². The van der Waals surface area contributed by atoms with Crippen LogP contribution in [0.15, 0.2) is 36.4 Å². The number of nitrogens with one attached hydrogen (secondary N) is 1. The Balaban J connectivity index is 1.83. The zero-order chi connectivity index (χ0) is 20.1. The van der Waals surface area contributed by atoms with E-state index in [0.717, 1.165) is 73.3 Å². The largest absolute Gasteiger partial charge is 0.493 e. The molecule has 1 amide bonds. The Hall–Kier alpha value is -2.29. The van der Waals surface area contributed by atoms with Gasteiger partial charge in [0, 0.05) is 5.69 Å². The second kappa shape index (κ2) is 8.81. The standard InChI is InChI=1S/C25H33NO2/c1-5-6-14-28-23-19(3)16-22(17-20(23)4)26-24(27)25(12-7-8-13-25)21-11-9-10-18(2)15-21/h9-11,15-17H,5-8,12-14H2,1-4H3,(H,26,27). The van der Waals surface area contributed by atoms with E-state index in [1.54, 1.807) is 0 Å². The van der Waals surface area contributed by atoms with Crippen LogP contribution in [-0.4, -0.2) is 12.5 Å². The van der Waals surface area contributed by atoms with Crippen molar-refractivity contribution in [2.45, 2.75) is 71.6 Å². The van der Waals surface area contributed by atoms with Crippen molar-refractivity contribution in [2.24, 2.45) is 0 Å². The van der Waals surface area contributed by atoms with Crippen LogP contribution in [0.2, 0.25) is 0 Å². The number of unbranched alkanes of at least 4 members (excludes halogenated alkanes) is 1. The van der Waals surface area contributed by atoms with Crippen LogP contribution < -0.4 is 10.1 Å². The number of amides is 1. The molecule has 1 saturated carbocycles. The first-order valence-corrected chi connectivity index (χ1v) is 10.6. The van der Waals surface area contributed by atoms with E-state index in [0.29, 0.717) is 0 Å². The van der Waals surface area contributed by atoms with Gasteiger partial charge in [-0.1, -0.05) is 56.0 Å². The summed E-state index contributed by atoms with van der Waals surface area (Å²) in [6, 6.07) is 12.5. The lowest BCUT2D eigenvalue weighted by Gasteiger charge is -2.29. The molecule has 2 aromatic rings. The second-order valence-corrected chi connectivity index (χ2v) is 8.25. The predicted molar refractivity (Wildman–Crippen MR) is 116 cm³/mol. The van der Waals surface area contributed by atoms with Crippen molar-refractivity contribution in [2.75, 3.05) is 11.9 Å². The number of aryl methyl sites for hydroxylation is 3. The van der Waals surface area contributed by atoms with Gasteiger partial charge < -0.3 is 10.1 Å². The minimum atomic E-state index is -0.413. The number of benzene rings is 2. The Morgan fingerprint density at radius 1 is 1.07 bits per heavy atom. The van der Waals surface area contributed by atoms with Crippen LogP contribution in [0.4, 0.5) is 5.69 Å². The van der Waals surface area contributed by atoms with Gasteiger partial charge in [0.25, 0.3) is 0 Å². The van der Waals surface area contributed by atoms with Crippen LogP contribution in [0.3, 0.4) is 0 Å². The minimum absolute atomic E-state index is 0.119. The van der Waals surface area contributed by atoms with Gasteiger partial charge in [0.1, 0.15) is 5.75 Å². The van der Waals surface area contributed by atoms with Gasteiger partial charge in [0.15, 0.2) is 0 Å². The van der Waals surface area contributed by atoms with E-state index in [9.17, 15) is 4.79 Å². The fourth-order valence-electron chi connectivity index (χ4n) is 4.39. The highest BCUT2D eigenvalue weighted by Gasteiger charge is 2.42. The van der Waals surface area contributed by atoms with Crippen LogP contribution in [0.25, 0.3) is 0 Å². The van der Waals surface area contributed by atoms with E-state index in [4.69, 9.17) is 4.74 Å². The molecule has 0 atom stereocenters. The monoisotopic (exact) mass is 379 g/mol. The van der Waals surface area contributed by atoms with Crippen molar-refractivity contribution in [3.63, 3.8) is 0 Å². The number of carbonyl (C=O) groups excluding carboxylic acids is 1. The summed E-state index contributed by atoms with van der Waals surface area (Å²) in [6.45, 7) is 9.09. The molecule has 0 spiro atoms. The van der Waals surface area contributed by atoms with Crippen molar-refractivity contribution in [1.29, 1.82) is 0 Å². The SMILES string of the molecule is CCCCOc1c(C)cc(NC(=O)C2(c3cccc(C)c3)CCCC2)cc1C. The fourth-order valence-corrected chi connectivity index (χ4v) is 4.39. The molecule has 1 N–H and O–H groups in total. The molecule has 0 aliphatic heterocycles. The Labute approximate surface area is 169 Å². The maximum absolute atomic E-state index is 13.4. The normalized spacial score (nSPS) is 15.4. The third-order valence-corrected chi connectivity index (χ3v) is 5.92. The molecule has 0 unspecified atom stereocenters. The number of carbonyl (C=O) groups is 1. The summed E-state index contributed by atoms with van der Waals surface area (Å²) >= 11 is 0. The Morgan fingerprint density at radius 3 is 2.36 bits per heavy atom. The first kappa shape index (κ1) is 20.4. The van der Waals surface area contributed by atoms with Gasteiger partial charge in [-0.2, -0.15) is 0 Å². The van der Waals surface area contributed by atoms with Crippen LogP contribution >= 0.6 is 0 Å². The average Bonchev–Trinajstić information content (AvgIpc) is 3.15. The number of hydrogen-bond donors (Lipinski definition) is 1. The van der Waals surface area contributed by atoms with Gasteiger partial charge in [0.05, 0.1) is 12.0 Å². The molecule has 0 radical (unpaired) electrons. The van der Waals surface area contributed by atoms with E-state index >= 15 is 0 Å². The molecule has 0 aromatic heterocycles. The Morgan fingerprint density at radius 2 is 1.75 bits per heavy atom. The summed E-state index contributed by atoms with van der Waals surface area (Å²) in [5, 5.41) is 3.22. The van der Waals surface area contributed by atoms with E-state index in [2.05, 4.69) is 57.3 Å². The molecule has 0 saturated heterocycles. The number of rotatable bonds is 7. The molecule has 150 valence electrons. The zero-order valence-electron chi connectivity index (χ0n) is 17.7. The van der Waals surface area contributed by atoms with E-state index in [1.807, 2.05) is 12.1 Å². The molecular weight excluding hydrogens is 346 g/mol. The number of hydrogen-bond acceptors (Lipinski definition) is 2. The number of anilines is 1. The molecular formula is C25H33NO2. The van der Waals surface area contributed by atoms with Gasteiger partial charge >= 0.3 is 0 Å². The minimum Gasteiger partial charge on any atom is -0.493 e. The average molecular weight is 380 g/mol. The molecule has 28 heavy (non-hydrogen) atoms. The zero-order valence-corrected chi connectivity index (χ0v) is 17.7. The first-order valence-electron chi connectivity index (χ1n) is 10.6. The third kappa shape index (κ3) is 4.24. The van der Waals surface area contributed by atoms with Crippen LogP contribution in [0.5, 0.6) is 5.75 Å². The van der Waals surface area contributed by atoms with Gasteiger partial charge in [-0.05, 0) is 68.9 Å². The van der Waals surface area contributed by atoms with Crippen molar-refractivity contribution in [3.8, 4) is 5.75 Å². The van der Waals surface area contributed by atoms with E-state index < -0.39 is 5.41 Å². The summed E-state index contributed by atoms with van der Waals surface area (Å²) in [4.78, 5) is 13.4. The molecule has 1 fully saturated rings. The lowest BCUT2D eigenvalue weighted by atomic mass is 9.77. The highest BCUT2D eigenvalue weighted by molar-refractivity contribution is 5.99. The quantitative estimate of drug-likeness (QED) is 0.578. The van der Waals surface area contributed by atoms with Crippen molar-refractivity contribution in [1.82, 2.24) is 0 Å². The maximum atomic E-state index is 13.4. The molecule has 2 aromatic carbocycles.